The molecule has 1 fully saturated rings. The highest BCUT2D eigenvalue weighted by molar-refractivity contribution is 7.15. The van der Waals surface area contributed by atoms with Crippen LogP contribution in [-0.2, 0) is 35.3 Å². The molecule has 0 aliphatic carbocycles. The highest BCUT2D eigenvalue weighted by Gasteiger charge is 2.44. The zero-order chi connectivity index (χ0) is 71.3. The number of hydrogen-bond acceptors (Lipinski definition) is 17. The van der Waals surface area contributed by atoms with Crippen molar-refractivity contribution in [3.8, 4) is 20.4 Å². The average molecular weight is 1450 g/mol. The molecule has 0 radical (unpaired) electrons. The molecule has 5 aromatic heterocycles. The summed E-state index contributed by atoms with van der Waals surface area (Å²) in [5.41, 5.74) is 11.1. The summed E-state index contributed by atoms with van der Waals surface area (Å²) in [7, 11) is 0. The van der Waals surface area contributed by atoms with Gasteiger partial charge in [0.15, 0.2) is 11.6 Å². The molecule has 3 aliphatic heterocycles. The molecule has 0 spiro atoms. The normalized spacial score (nSPS) is 16.8. The number of amides is 6. The van der Waals surface area contributed by atoms with Crippen LogP contribution in [0.2, 0.25) is 10.0 Å². The van der Waals surface area contributed by atoms with Crippen LogP contribution in [0.1, 0.15) is 168 Å². The van der Waals surface area contributed by atoms with Crippen LogP contribution in [0.15, 0.2) is 93.3 Å². The number of halogens is 2. The standard InChI is InChI=1S/C73H83Cl2N15O7S3/c1-40-43(4)99-71-62(40)64(48-21-25-51(74)26-22-48)81-55(67-85-83-45(6)89(67)71)33-58(92)76-29-13-11-15-31-87(38-60(94)78-36-54(73(8,9)10)70(97)88-37-53(91)32-57(88)69(96)79-35-47-17-19-50(20-18-47)66-42(3)80-39-98-66)61(95)16-12-14-30-77-59(93)34-56-68-86-84-46(7)90(68)72-63(41(2)44(5)100-72)65(82-56)49-23-27-52(75)28-24-49/h17-28,36,39,53-57,91H,11-16,29-35,37-38H2,1-10H3,(H,76,92)(H,77,93)(H,79,96)/t53-,54?,55+,56+,57+/m1/s1. The van der Waals surface area contributed by atoms with E-state index in [1.54, 1.807) is 39.5 Å². The number of carbonyl (C=O) groups excluding carboxylic acids is 6. The SMILES string of the molecule is Cc1ncsc1-c1ccc(CNC(=O)[C@@H]2C[C@@H](O)CN2C(=O)C(C=NC(=O)CN(CCCCCNC(=O)C[C@@H]2N=C(c3ccc(Cl)cc3)c3c(sc(C)c3C)-n3c(C)nnc32)C(=O)CCCCNC(=O)C[C@@H]2N=C(c3ccc(Cl)cc3)c3c(sc(C)c3C)-n3c(C)nnc32)C(C)(C)C)cc1. The van der Waals surface area contributed by atoms with Crippen molar-refractivity contribution in [2.24, 2.45) is 26.3 Å². The Kier molecular flexibility index (Phi) is 23.0. The summed E-state index contributed by atoms with van der Waals surface area (Å²) in [5.74, 6) is -0.794. The van der Waals surface area contributed by atoms with E-state index in [4.69, 9.17) is 33.2 Å². The molecule has 0 saturated carbocycles. The number of aromatic nitrogens is 7. The highest BCUT2D eigenvalue weighted by atomic mass is 35.5. The molecule has 11 rings (SSSR count). The number of rotatable bonds is 25. The predicted molar refractivity (Wildman–Crippen MR) is 393 cm³/mol. The van der Waals surface area contributed by atoms with Gasteiger partial charge in [-0.3, -0.25) is 47.9 Å². The first-order valence-electron chi connectivity index (χ1n) is 33.7. The van der Waals surface area contributed by atoms with E-state index in [0.717, 1.165) is 86.3 Å². The molecule has 22 nitrogen and oxygen atoms in total. The molecule has 1 unspecified atom stereocenters. The van der Waals surface area contributed by atoms with E-state index in [0.29, 0.717) is 72.0 Å². The Morgan fingerprint density at radius 2 is 1.20 bits per heavy atom. The lowest BCUT2D eigenvalue weighted by atomic mass is 9.80. The molecule has 3 aliphatic rings. The van der Waals surface area contributed by atoms with Crippen LogP contribution in [0.3, 0.4) is 0 Å². The number of nitrogens with one attached hydrogen (secondary N) is 3. The number of thiazole rings is 1. The summed E-state index contributed by atoms with van der Waals surface area (Å²) in [6.07, 6.45) is 2.95. The van der Waals surface area contributed by atoms with Crippen molar-refractivity contribution in [3.05, 3.63) is 166 Å². The number of β-amino-alcohol motifs (C(OH)–C–C–N with tert-alkyl or cyclic N) is 1. The maximum absolute atomic E-state index is 14.6. The van der Waals surface area contributed by atoms with E-state index in [1.807, 2.05) is 123 Å². The quantitative estimate of drug-likeness (QED) is 0.0307. The molecule has 8 aromatic rings. The Morgan fingerprint density at radius 1 is 0.680 bits per heavy atom. The third kappa shape index (κ3) is 16.5. The summed E-state index contributed by atoms with van der Waals surface area (Å²) in [6.45, 7) is 20.1. The highest BCUT2D eigenvalue weighted by Crippen LogP contribution is 2.42. The number of unbranched alkanes of at least 4 members (excludes halogenated alkanes) is 3. The number of fused-ring (bicyclic) bond motifs is 6. The molecule has 0 bridgehead atoms. The van der Waals surface area contributed by atoms with Crippen LogP contribution in [0.25, 0.3) is 20.4 Å². The molecule has 8 heterocycles. The molecule has 27 heteroatoms. The topological polar surface area (TPSA) is 277 Å². The fourth-order valence-electron chi connectivity index (χ4n) is 12.8. The molecule has 3 aromatic carbocycles. The number of hydrogen-bond donors (Lipinski definition) is 4. The first kappa shape index (κ1) is 72.8. The zero-order valence-electron chi connectivity index (χ0n) is 57.8. The first-order valence-corrected chi connectivity index (χ1v) is 37.0. The van der Waals surface area contributed by atoms with E-state index < -0.39 is 53.3 Å². The summed E-state index contributed by atoms with van der Waals surface area (Å²) >= 11 is 17.5. The van der Waals surface area contributed by atoms with E-state index in [9.17, 15) is 33.9 Å². The van der Waals surface area contributed by atoms with Gasteiger partial charge in [0.2, 0.25) is 29.5 Å². The van der Waals surface area contributed by atoms with Crippen molar-refractivity contribution in [2.45, 2.75) is 158 Å². The summed E-state index contributed by atoms with van der Waals surface area (Å²) in [6, 6.07) is 20.5. The number of aryl methyl sites for hydroxylation is 5. The van der Waals surface area contributed by atoms with Gasteiger partial charge in [-0.1, -0.05) is 92.5 Å². The lowest BCUT2D eigenvalue weighted by Gasteiger charge is -2.32. The molecule has 100 heavy (non-hydrogen) atoms. The van der Waals surface area contributed by atoms with Gasteiger partial charge >= 0.3 is 0 Å². The Labute approximate surface area is 603 Å². The number of aliphatic imine (C=N–C) groups is 3. The predicted octanol–water partition coefficient (Wildman–Crippen LogP) is 11.8. The van der Waals surface area contributed by atoms with Crippen LogP contribution >= 0.6 is 57.2 Å². The number of thiophene rings is 2. The Morgan fingerprint density at radius 3 is 1.71 bits per heavy atom. The van der Waals surface area contributed by atoms with Gasteiger partial charge in [0.1, 0.15) is 46.3 Å². The molecule has 4 N–H and O–H groups in total. The van der Waals surface area contributed by atoms with Gasteiger partial charge in [0, 0.05) is 93.8 Å². The minimum Gasteiger partial charge on any atom is -0.391 e. The lowest BCUT2D eigenvalue weighted by molar-refractivity contribution is -0.142. The first-order chi connectivity index (χ1) is 47.8. The second-order valence-electron chi connectivity index (χ2n) is 26.8. The Hall–Kier alpha value is -8.46. The van der Waals surface area contributed by atoms with E-state index >= 15 is 0 Å². The van der Waals surface area contributed by atoms with Gasteiger partial charge in [0.05, 0.1) is 52.4 Å². The fraction of sp³-hybridized carbons (Fsp3) is 0.425. The van der Waals surface area contributed by atoms with Crippen molar-refractivity contribution < 1.29 is 33.9 Å². The number of nitrogens with zero attached hydrogens (tertiary/aromatic N) is 12. The number of aliphatic hydroxyl groups excluding tert-OH is 1. The Balaban J connectivity index is 0.730. The second kappa shape index (κ2) is 31.6. The van der Waals surface area contributed by atoms with Gasteiger partial charge < -0.3 is 30.9 Å². The minimum absolute atomic E-state index is 0.00954. The number of aliphatic hydroxyl groups is 1. The number of benzene rings is 3. The molecular formula is C73H83Cl2N15O7S3. The third-order valence-electron chi connectivity index (χ3n) is 18.6. The monoisotopic (exact) mass is 1450 g/mol. The van der Waals surface area contributed by atoms with Crippen molar-refractivity contribution in [3.63, 3.8) is 0 Å². The number of carbonyl (C=O) groups is 6. The molecular weight excluding hydrogens is 1370 g/mol. The Bertz CT molecular complexity index is 4470. The minimum atomic E-state index is -0.983. The average Bonchev–Trinajstić information content (AvgIpc) is 1.60. The molecule has 6 amide bonds. The van der Waals surface area contributed by atoms with Gasteiger partial charge in [-0.15, -0.1) is 54.4 Å². The summed E-state index contributed by atoms with van der Waals surface area (Å²) in [4.78, 5) is 110. The third-order valence-corrected chi connectivity index (χ3v) is 22.4. The summed E-state index contributed by atoms with van der Waals surface area (Å²) < 4.78 is 4.00. The van der Waals surface area contributed by atoms with Gasteiger partial charge in [-0.05, 0) is 133 Å². The van der Waals surface area contributed by atoms with Crippen LogP contribution < -0.4 is 16.0 Å². The van der Waals surface area contributed by atoms with Crippen LogP contribution in [-0.4, -0.2) is 147 Å². The van der Waals surface area contributed by atoms with Crippen LogP contribution in [0.4, 0.5) is 0 Å². The van der Waals surface area contributed by atoms with E-state index in [-0.39, 0.29) is 76.1 Å². The fourth-order valence-corrected chi connectivity index (χ4v) is 16.3. The van der Waals surface area contributed by atoms with Crippen LogP contribution in [0.5, 0.6) is 0 Å². The second-order valence-corrected chi connectivity index (χ2v) is 31.0. The van der Waals surface area contributed by atoms with Crippen LogP contribution in [0, 0.1) is 59.8 Å². The molecule has 1 saturated heterocycles. The van der Waals surface area contributed by atoms with Crippen molar-refractivity contribution in [1.29, 1.82) is 0 Å². The molecule has 5 atom stereocenters. The zero-order valence-corrected chi connectivity index (χ0v) is 61.8. The lowest BCUT2D eigenvalue weighted by Crippen LogP contribution is -2.50. The molecule has 524 valence electrons. The van der Waals surface area contributed by atoms with Crippen molar-refractivity contribution in [2.75, 3.05) is 32.7 Å². The van der Waals surface area contributed by atoms with Gasteiger partial charge in [-0.2, -0.15) is 0 Å². The maximum Gasteiger partial charge on any atom is 0.264 e. The number of likely N-dealkylation sites (tertiary alicyclic amines) is 1. The van der Waals surface area contributed by atoms with Crippen molar-refractivity contribution >= 4 is 110 Å². The maximum atomic E-state index is 14.6. The summed E-state index contributed by atoms with van der Waals surface area (Å²) in [5, 5.41) is 41.0. The van der Waals surface area contributed by atoms with Gasteiger partial charge in [0.25, 0.3) is 5.91 Å². The van der Waals surface area contributed by atoms with E-state index in [2.05, 4.69) is 74.0 Å². The largest absolute Gasteiger partial charge is 0.391 e. The van der Waals surface area contributed by atoms with Gasteiger partial charge in [-0.25, -0.2) is 9.98 Å². The van der Waals surface area contributed by atoms with Crippen molar-refractivity contribution in [1.82, 2.24) is 60.3 Å². The smallest absolute Gasteiger partial charge is 0.264 e. The van der Waals surface area contributed by atoms with E-state index in [1.165, 1.54) is 16.0 Å².